The molecule has 0 radical (unpaired) electrons. The van der Waals surface area contributed by atoms with E-state index in [1.807, 2.05) is 39.8 Å². The van der Waals surface area contributed by atoms with E-state index in [0.717, 1.165) is 24.3 Å². The van der Waals surface area contributed by atoms with Crippen molar-refractivity contribution in [3.63, 3.8) is 0 Å². The molecule has 1 aliphatic rings. The van der Waals surface area contributed by atoms with Crippen molar-refractivity contribution in [1.82, 2.24) is 0 Å². The number of nitrogens with two attached hydrogens (primary N) is 1. The highest BCUT2D eigenvalue weighted by atomic mass is 35.5. The van der Waals surface area contributed by atoms with E-state index in [1.54, 1.807) is 0 Å². The Bertz CT molecular complexity index is 464. The smallest absolute Gasteiger partial charge is 0.402 e. The van der Waals surface area contributed by atoms with Gasteiger partial charge in [0.05, 0.1) is 11.2 Å². The van der Waals surface area contributed by atoms with Crippen LogP contribution >= 0.6 is 24.0 Å². The van der Waals surface area contributed by atoms with Crippen LogP contribution in [0.5, 0.6) is 0 Å². The third-order valence-electron chi connectivity index (χ3n) is 4.54. The van der Waals surface area contributed by atoms with E-state index in [1.165, 1.54) is 5.56 Å². The molecule has 0 aliphatic carbocycles. The zero-order chi connectivity index (χ0) is 15.7. The van der Waals surface area contributed by atoms with Gasteiger partial charge in [-0.3, -0.25) is 0 Å². The second kappa shape index (κ2) is 7.54. The Balaban J connectivity index is 0.00000242. The van der Waals surface area contributed by atoms with Gasteiger partial charge in [-0.05, 0) is 64.7 Å². The largest absolute Gasteiger partial charge is 0.475 e. The molecule has 22 heavy (non-hydrogen) atoms. The predicted molar refractivity (Wildman–Crippen MR) is 95.7 cm³/mol. The van der Waals surface area contributed by atoms with Gasteiger partial charge >= 0.3 is 7.12 Å². The van der Waals surface area contributed by atoms with Crippen LogP contribution in [-0.4, -0.2) is 24.3 Å². The Morgan fingerprint density at radius 3 is 2.09 bits per heavy atom. The van der Waals surface area contributed by atoms with Crippen LogP contribution in [0, 0.1) is 0 Å². The molecule has 1 aromatic carbocycles. The molecule has 1 aromatic rings. The summed E-state index contributed by atoms with van der Waals surface area (Å²) in [6.07, 6.45) is 2.87. The maximum Gasteiger partial charge on any atom is 0.475 e. The maximum absolute atomic E-state index is 6.24. The van der Waals surface area contributed by atoms with Gasteiger partial charge < -0.3 is 15.0 Å². The van der Waals surface area contributed by atoms with E-state index in [9.17, 15) is 0 Å². The molecule has 1 heterocycles. The summed E-state index contributed by atoms with van der Waals surface area (Å²) in [7, 11) is -0.319. The zero-order valence-corrected chi connectivity index (χ0v) is 15.3. The molecule has 1 fully saturated rings. The van der Waals surface area contributed by atoms with Crippen molar-refractivity contribution in [2.45, 2.75) is 64.1 Å². The van der Waals surface area contributed by atoms with Gasteiger partial charge in [0, 0.05) is 11.0 Å². The van der Waals surface area contributed by atoms with Gasteiger partial charge in [-0.15, -0.1) is 12.4 Å². The number of hydrogen-bond acceptors (Lipinski definition) is 3. The van der Waals surface area contributed by atoms with Crippen molar-refractivity contribution in [3.05, 3.63) is 34.9 Å². The number of benzene rings is 1. The topological polar surface area (TPSA) is 44.5 Å². The molecule has 0 spiro atoms. The highest BCUT2D eigenvalue weighted by Crippen LogP contribution is 2.37. The first-order valence-electron chi connectivity index (χ1n) is 7.57. The van der Waals surface area contributed by atoms with Crippen LogP contribution in [0.4, 0.5) is 0 Å². The molecule has 1 saturated heterocycles. The van der Waals surface area contributed by atoms with Gasteiger partial charge in [0.15, 0.2) is 0 Å². The quantitative estimate of drug-likeness (QED) is 0.819. The van der Waals surface area contributed by atoms with Crippen LogP contribution in [0.3, 0.4) is 0 Å². The Hall–Kier alpha value is -0.255. The van der Waals surface area contributed by atoms with E-state index < -0.39 is 0 Å². The van der Waals surface area contributed by atoms with Gasteiger partial charge in [0.2, 0.25) is 0 Å². The van der Waals surface area contributed by atoms with Crippen molar-refractivity contribution >= 4 is 31.1 Å². The molecule has 2 N–H and O–H groups in total. The van der Waals surface area contributed by atoms with Crippen LogP contribution < -0.4 is 5.73 Å². The first kappa shape index (κ1) is 19.8. The van der Waals surface area contributed by atoms with E-state index in [0.29, 0.717) is 0 Å². The van der Waals surface area contributed by atoms with Crippen LogP contribution in [-0.2, 0) is 15.7 Å². The monoisotopic (exact) mass is 345 g/mol. The SMILES string of the molecule is CC1(C)OB([C@@H](N)CCCc2ccc(Cl)cc2)OC1(C)C.Cl. The van der Waals surface area contributed by atoms with Gasteiger partial charge in [-0.1, -0.05) is 23.7 Å². The van der Waals surface area contributed by atoms with Crippen molar-refractivity contribution in [2.24, 2.45) is 5.73 Å². The van der Waals surface area contributed by atoms with Crippen molar-refractivity contribution < 1.29 is 9.31 Å². The molecule has 0 saturated carbocycles. The lowest BCUT2D eigenvalue weighted by Gasteiger charge is -2.32. The Kier molecular flexibility index (Phi) is 6.79. The highest BCUT2D eigenvalue weighted by Gasteiger charge is 2.52. The highest BCUT2D eigenvalue weighted by molar-refractivity contribution is 6.47. The molecule has 1 atom stereocenters. The average Bonchev–Trinajstić information content (AvgIpc) is 2.61. The van der Waals surface area contributed by atoms with E-state index in [2.05, 4.69) is 12.1 Å². The Morgan fingerprint density at radius 1 is 1.09 bits per heavy atom. The van der Waals surface area contributed by atoms with Crippen LogP contribution in [0.25, 0.3) is 0 Å². The molecule has 6 heteroatoms. The summed E-state index contributed by atoms with van der Waals surface area (Å²) in [5.74, 6) is -0.0987. The van der Waals surface area contributed by atoms with Crippen LogP contribution in [0.15, 0.2) is 24.3 Å². The summed E-state index contributed by atoms with van der Waals surface area (Å²) in [5, 5.41) is 0.771. The second-order valence-corrected chi connectivity index (χ2v) is 7.24. The molecule has 0 aromatic heterocycles. The van der Waals surface area contributed by atoms with Gasteiger partial charge in [0.1, 0.15) is 0 Å². The molecular formula is C16H26BCl2NO2. The average molecular weight is 346 g/mol. The first-order valence-corrected chi connectivity index (χ1v) is 7.95. The van der Waals surface area contributed by atoms with Crippen molar-refractivity contribution in [2.75, 3.05) is 0 Å². The van der Waals surface area contributed by atoms with Crippen molar-refractivity contribution in [3.8, 4) is 0 Å². The third kappa shape index (κ3) is 4.62. The summed E-state index contributed by atoms with van der Waals surface area (Å²) >= 11 is 5.88. The molecule has 3 nitrogen and oxygen atoms in total. The standard InChI is InChI=1S/C16H25BClNO2.ClH/c1-15(2)16(3,4)21-17(20-15)14(19)7-5-6-12-8-10-13(18)11-9-12;/h8-11,14H,5-7,19H2,1-4H3;1H/t14-;/m0./s1. The summed E-state index contributed by atoms with van der Waals surface area (Å²) in [6.45, 7) is 8.20. The predicted octanol–water partition coefficient (Wildman–Crippen LogP) is 4.04. The van der Waals surface area contributed by atoms with E-state index in [-0.39, 0.29) is 36.7 Å². The lowest BCUT2D eigenvalue weighted by molar-refractivity contribution is 0.00578. The van der Waals surface area contributed by atoms with Gasteiger partial charge in [-0.25, -0.2) is 0 Å². The number of halogens is 2. The molecule has 124 valence electrons. The minimum Gasteiger partial charge on any atom is -0.402 e. The molecule has 0 unspecified atom stereocenters. The maximum atomic E-state index is 6.24. The molecule has 0 bridgehead atoms. The minimum absolute atomic E-state index is 0. The normalized spacial score (nSPS) is 20.5. The fraction of sp³-hybridized carbons (Fsp3) is 0.625. The molecule has 1 aliphatic heterocycles. The fourth-order valence-electron chi connectivity index (χ4n) is 2.39. The summed E-state index contributed by atoms with van der Waals surface area (Å²) in [6, 6.07) is 7.96. The Morgan fingerprint density at radius 2 is 1.59 bits per heavy atom. The summed E-state index contributed by atoms with van der Waals surface area (Å²) in [4.78, 5) is 0. The number of aryl methyl sites for hydroxylation is 1. The molecule has 2 rings (SSSR count). The van der Waals surface area contributed by atoms with E-state index >= 15 is 0 Å². The second-order valence-electron chi connectivity index (χ2n) is 6.81. The van der Waals surface area contributed by atoms with Crippen molar-refractivity contribution in [1.29, 1.82) is 0 Å². The molecular weight excluding hydrogens is 320 g/mol. The summed E-state index contributed by atoms with van der Waals surface area (Å²) < 4.78 is 12.0. The molecule has 0 amide bonds. The van der Waals surface area contributed by atoms with Crippen LogP contribution in [0.1, 0.15) is 46.1 Å². The Labute approximate surface area is 145 Å². The van der Waals surface area contributed by atoms with Crippen LogP contribution in [0.2, 0.25) is 5.02 Å². The third-order valence-corrected chi connectivity index (χ3v) is 4.79. The fourth-order valence-corrected chi connectivity index (χ4v) is 2.52. The zero-order valence-electron chi connectivity index (χ0n) is 13.8. The van der Waals surface area contributed by atoms with E-state index in [4.69, 9.17) is 26.6 Å². The number of rotatable bonds is 5. The van der Waals surface area contributed by atoms with Gasteiger partial charge in [0.25, 0.3) is 0 Å². The number of hydrogen-bond donors (Lipinski definition) is 1. The lowest BCUT2D eigenvalue weighted by atomic mass is 9.76. The first-order chi connectivity index (χ1) is 9.71. The van der Waals surface area contributed by atoms with Gasteiger partial charge in [-0.2, -0.15) is 0 Å². The lowest BCUT2D eigenvalue weighted by Crippen LogP contribution is -2.41. The summed E-state index contributed by atoms with van der Waals surface area (Å²) in [5.41, 5.74) is 6.89. The minimum atomic E-state index is -0.319.